The van der Waals surface area contributed by atoms with Gasteiger partial charge in [-0.05, 0) is 37.0 Å². The quantitative estimate of drug-likeness (QED) is 0.770. The minimum Gasteiger partial charge on any atom is -0.394 e. The SMILES string of the molecule is OCC(Nc1cccc(F)c1)C1CC1. The van der Waals surface area contributed by atoms with E-state index < -0.39 is 0 Å². The van der Waals surface area contributed by atoms with Crippen molar-refractivity contribution in [2.75, 3.05) is 11.9 Å². The van der Waals surface area contributed by atoms with Gasteiger partial charge in [-0.2, -0.15) is 0 Å². The maximum Gasteiger partial charge on any atom is 0.125 e. The van der Waals surface area contributed by atoms with Gasteiger partial charge in [-0.25, -0.2) is 4.39 Å². The van der Waals surface area contributed by atoms with Gasteiger partial charge in [0.15, 0.2) is 0 Å². The normalized spacial score (nSPS) is 17.9. The van der Waals surface area contributed by atoms with Crippen molar-refractivity contribution in [3.8, 4) is 0 Å². The summed E-state index contributed by atoms with van der Waals surface area (Å²) in [5.74, 6) is 0.311. The second-order valence-electron chi connectivity index (χ2n) is 3.78. The van der Waals surface area contributed by atoms with Crippen LogP contribution in [0.25, 0.3) is 0 Å². The minimum atomic E-state index is -0.248. The van der Waals surface area contributed by atoms with E-state index in [0.717, 1.165) is 18.5 Å². The first-order valence-electron chi connectivity index (χ1n) is 4.92. The molecule has 0 spiro atoms. The Kier molecular flexibility index (Phi) is 2.68. The van der Waals surface area contributed by atoms with Gasteiger partial charge < -0.3 is 10.4 Å². The van der Waals surface area contributed by atoms with Gasteiger partial charge in [-0.3, -0.25) is 0 Å². The van der Waals surface area contributed by atoms with Gasteiger partial charge in [0, 0.05) is 5.69 Å². The zero-order valence-electron chi connectivity index (χ0n) is 7.91. The third-order valence-electron chi connectivity index (χ3n) is 2.56. The van der Waals surface area contributed by atoms with E-state index >= 15 is 0 Å². The zero-order chi connectivity index (χ0) is 9.97. The van der Waals surface area contributed by atoms with Gasteiger partial charge in [0.25, 0.3) is 0 Å². The lowest BCUT2D eigenvalue weighted by atomic mass is 10.2. The molecule has 1 saturated carbocycles. The molecule has 0 aromatic heterocycles. The van der Waals surface area contributed by atoms with Crippen molar-refractivity contribution in [2.45, 2.75) is 18.9 Å². The van der Waals surface area contributed by atoms with Crippen LogP contribution >= 0.6 is 0 Å². The van der Waals surface area contributed by atoms with Gasteiger partial charge in [-0.1, -0.05) is 6.07 Å². The van der Waals surface area contributed by atoms with Gasteiger partial charge >= 0.3 is 0 Å². The number of halogens is 1. The van der Waals surface area contributed by atoms with Gasteiger partial charge in [0.2, 0.25) is 0 Å². The molecule has 0 amide bonds. The van der Waals surface area contributed by atoms with Crippen molar-refractivity contribution in [3.63, 3.8) is 0 Å². The second-order valence-corrected chi connectivity index (χ2v) is 3.78. The number of nitrogens with one attached hydrogen (secondary N) is 1. The number of hydrogen-bond acceptors (Lipinski definition) is 2. The average Bonchev–Trinajstić information content (AvgIpc) is 2.97. The molecule has 1 aliphatic carbocycles. The molecule has 1 atom stereocenters. The van der Waals surface area contributed by atoms with E-state index in [-0.39, 0.29) is 18.5 Å². The highest BCUT2D eigenvalue weighted by Crippen LogP contribution is 2.34. The molecule has 2 nitrogen and oxygen atoms in total. The number of rotatable bonds is 4. The van der Waals surface area contributed by atoms with E-state index in [0.29, 0.717) is 5.92 Å². The largest absolute Gasteiger partial charge is 0.394 e. The first-order valence-corrected chi connectivity index (χ1v) is 4.92. The maximum absolute atomic E-state index is 12.8. The summed E-state index contributed by atoms with van der Waals surface area (Å²) in [4.78, 5) is 0. The van der Waals surface area contributed by atoms with E-state index in [1.165, 1.54) is 12.1 Å². The fourth-order valence-electron chi connectivity index (χ4n) is 1.60. The van der Waals surface area contributed by atoms with Gasteiger partial charge in [0.05, 0.1) is 12.6 Å². The van der Waals surface area contributed by atoms with E-state index in [2.05, 4.69) is 5.32 Å². The Labute approximate surface area is 82.8 Å². The van der Waals surface area contributed by atoms with Crippen LogP contribution in [0, 0.1) is 11.7 Å². The van der Waals surface area contributed by atoms with Crippen molar-refractivity contribution >= 4 is 5.69 Å². The second kappa shape index (κ2) is 3.96. The monoisotopic (exact) mass is 195 g/mol. The average molecular weight is 195 g/mol. The summed E-state index contributed by atoms with van der Waals surface area (Å²) in [6.07, 6.45) is 2.32. The molecule has 2 rings (SSSR count). The Morgan fingerprint density at radius 2 is 2.29 bits per heavy atom. The van der Waals surface area contributed by atoms with Crippen molar-refractivity contribution in [2.24, 2.45) is 5.92 Å². The van der Waals surface area contributed by atoms with E-state index in [4.69, 9.17) is 5.11 Å². The topological polar surface area (TPSA) is 32.3 Å². The smallest absolute Gasteiger partial charge is 0.125 e. The van der Waals surface area contributed by atoms with Crippen molar-refractivity contribution in [1.29, 1.82) is 0 Å². The molecule has 1 fully saturated rings. The van der Waals surface area contributed by atoms with E-state index in [1.54, 1.807) is 6.07 Å². The van der Waals surface area contributed by atoms with Gasteiger partial charge in [0.1, 0.15) is 5.82 Å². The number of aliphatic hydroxyl groups is 1. The molecule has 14 heavy (non-hydrogen) atoms. The highest BCUT2D eigenvalue weighted by molar-refractivity contribution is 5.44. The van der Waals surface area contributed by atoms with Crippen LogP contribution in [0.2, 0.25) is 0 Å². The summed E-state index contributed by atoms with van der Waals surface area (Å²) < 4.78 is 12.8. The molecule has 3 heteroatoms. The molecule has 2 N–H and O–H groups in total. The Hall–Kier alpha value is -1.09. The number of hydrogen-bond donors (Lipinski definition) is 2. The van der Waals surface area contributed by atoms with Crippen LogP contribution < -0.4 is 5.32 Å². The molecule has 0 bridgehead atoms. The maximum atomic E-state index is 12.8. The number of anilines is 1. The molecular formula is C11H14FNO. The summed E-state index contributed by atoms with van der Waals surface area (Å²) in [7, 11) is 0. The van der Waals surface area contributed by atoms with Gasteiger partial charge in [-0.15, -0.1) is 0 Å². The molecule has 0 radical (unpaired) electrons. The molecule has 76 valence electrons. The predicted molar refractivity (Wildman–Crippen MR) is 53.6 cm³/mol. The molecule has 0 aliphatic heterocycles. The van der Waals surface area contributed by atoms with Crippen LogP contribution in [0.4, 0.5) is 10.1 Å². The van der Waals surface area contributed by atoms with Crippen molar-refractivity contribution < 1.29 is 9.50 Å². The summed E-state index contributed by atoms with van der Waals surface area (Å²) in [6, 6.07) is 6.42. The first kappa shape index (κ1) is 9.46. The highest BCUT2D eigenvalue weighted by Gasteiger charge is 2.30. The fourth-order valence-corrected chi connectivity index (χ4v) is 1.60. The van der Waals surface area contributed by atoms with Crippen molar-refractivity contribution in [1.82, 2.24) is 0 Å². The molecule has 0 heterocycles. The lowest BCUT2D eigenvalue weighted by molar-refractivity contribution is 0.263. The van der Waals surface area contributed by atoms with Crippen LogP contribution in [0.15, 0.2) is 24.3 Å². The molecule has 1 aromatic rings. The Bertz CT molecular complexity index is 312. The lowest BCUT2D eigenvalue weighted by Gasteiger charge is -2.16. The third-order valence-corrected chi connectivity index (χ3v) is 2.56. The molecule has 1 aromatic carbocycles. The summed E-state index contributed by atoms with van der Waals surface area (Å²) in [5.41, 5.74) is 0.746. The lowest BCUT2D eigenvalue weighted by Crippen LogP contribution is -2.25. The zero-order valence-corrected chi connectivity index (χ0v) is 7.91. The summed E-state index contributed by atoms with van der Waals surface area (Å²) in [6.45, 7) is 0.112. The number of aliphatic hydroxyl groups excluding tert-OH is 1. The summed E-state index contributed by atoms with van der Waals surface area (Å²) >= 11 is 0. The first-order chi connectivity index (χ1) is 6.79. The molecule has 0 saturated heterocycles. The molecule has 1 unspecified atom stereocenters. The Morgan fingerprint density at radius 3 is 2.86 bits per heavy atom. The standard InChI is InChI=1S/C11H14FNO/c12-9-2-1-3-10(6-9)13-11(7-14)8-4-5-8/h1-3,6,8,11,13-14H,4-5,7H2. The number of benzene rings is 1. The van der Waals surface area contributed by atoms with E-state index in [1.807, 2.05) is 6.07 Å². The Morgan fingerprint density at radius 1 is 1.50 bits per heavy atom. The predicted octanol–water partition coefficient (Wildman–Crippen LogP) is 2.01. The van der Waals surface area contributed by atoms with Crippen LogP contribution in [-0.4, -0.2) is 17.8 Å². The fraction of sp³-hybridized carbons (Fsp3) is 0.455. The summed E-state index contributed by atoms with van der Waals surface area (Å²) in [5, 5.41) is 12.3. The molecular weight excluding hydrogens is 181 g/mol. The van der Waals surface area contributed by atoms with Crippen LogP contribution in [0.5, 0.6) is 0 Å². The van der Waals surface area contributed by atoms with Crippen molar-refractivity contribution in [3.05, 3.63) is 30.1 Å². The third kappa shape index (κ3) is 2.23. The van der Waals surface area contributed by atoms with Crippen LogP contribution in [0.1, 0.15) is 12.8 Å². The molecule has 1 aliphatic rings. The minimum absolute atomic E-state index is 0.0804. The van der Waals surface area contributed by atoms with Crippen LogP contribution in [-0.2, 0) is 0 Å². The Balaban J connectivity index is 2.01. The van der Waals surface area contributed by atoms with E-state index in [9.17, 15) is 4.39 Å². The highest BCUT2D eigenvalue weighted by atomic mass is 19.1. The van der Waals surface area contributed by atoms with Crippen LogP contribution in [0.3, 0.4) is 0 Å².